The van der Waals surface area contributed by atoms with Crippen molar-refractivity contribution in [2.24, 2.45) is 0 Å². The van der Waals surface area contributed by atoms with Crippen molar-refractivity contribution in [3.63, 3.8) is 0 Å². The number of fused-ring (bicyclic) bond motifs is 1. The Labute approximate surface area is 327 Å². The molecule has 1 aliphatic rings. The van der Waals surface area contributed by atoms with Crippen molar-refractivity contribution < 1.29 is 47.7 Å². The first-order valence-electron chi connectivity index (χ1n) is 17.7. The molecule has 0 aliphatic carbocycles. The SMILES string of the molecule is COc1ccc(C(=O)[C@@H](OC(=O)c2ccccc2N2C(=O)c3ccc(C(=O)O[C@@H](C(=O)c4ccc(OC)cc4)c4ccccc4)cc3C2=O)c2ccccc2)cc1. The third kappa shape index (κ3) is 7.67. The molecule has 11 heteroatoms. The van der Waals surface area contributed by atoms with Gasteiger partial charge in [-0.1, -0.05) is 72.8 Å². The second-order valence-corrected chi connectivity index (χ2v) is 12.8. The van der Waals surface area contributed by atoms with Gasteiger partial charge in [0.1, 0.15) is 11.5 Å². The van der Waals surface area contributed by atoms with E-state index in [-0.39, 0.29) is 39.1 Å². The van der Waals surface area contributed by atoms with Crippen molar-refractivity contribution in [3.8, 4) is 11.5 Å². The van der Waals surface area contributed by atoms with Gasteiger partial charge in [0.25, 0.3) is 11.8 Å². The van der Waals surface area contributed by atoms with E-state index >= 15 is 0 Å². The van der Waals surface area contributed by atoms with Gasteiger partial charge < -0.3 is 18.9 Å². The normalized spacial score (nSPS) is 12.9. The van der Waals surface area contributed by atoms with Crippen molar-refractivity contribution in [3.05, 3.63) is 196 Å². The number of ether oxygens (including phenoxy) is 4. The molecule has 2 amide bonds. The summed E-state index contributed by atoms with van der Waals surface area (Å²) in [5, 5.41) is 0. The van der Waals surface area contributed by atoms with Crippen molar-refractivity contribution in [2.45, 2.75) is 12.2 Å². The molecule has 6 aromatic rings. The lowest BCUT2D eigenvalue weighted by atomic mass is 9.99. The highest BCUT2D eigenvalue weighted by Gasteiger charge is 2.40. The van der Waals surface area contributed by atoms with Crippen LogP contribution in [0.15, 0.2) is 152 Å². The number of anilines is 1. The number of para-hydroxylation sites is 1. The number of imide groups is 1. The highest BCUT2D eigenvalue weighted by atomic mass is 16.6. The minimum absolute atomic E-state index is 0.0227. The summed E-state index contributed by atoms with van der Waals surface area (Å²) in [6, 6.07) is 39.4. The van der Waals surface area contributed by atoms with Gasteiger partial charge in [-0.3, -0.25) is 19.2 Å². The summed E-state index contributed by atoms with van der Waals surface area (Å²) in [5.74, 6) is -3.35. The van der Waals surface area contributed by atoms with Crippen LogP contribution in [0.25, 0.3) is 0 Å². The van der Waals surface area contributed by atoms with Crippen LogP contribution < -0.4 is 14.4 Å². The van der Waals surface area contributed by atoms with Crippen LogP contribution in [0.4, 0.5) is 5.69 Å². The number of methoxy groups -OCH3 is 2. The topological polar surface area (TPSA) is 143 Å². The summed E-state index contributed by atoms with van der Waals surface area (Å²) >= 11 is 0. The van der Waals surface area contributed by atoms with Crippen molar-refractivity contribution in [1.82, 2.24) is 0 Å². The summed E-state index contributed by atoms with van der Waals surface area (Å²) in [6.45, 7) is 0. The molecule has 0 unspecified atom stereocenters. The number of ketones is 2. The first-order chi connectivity index (χ1) is 27.7. The second-order valence-electron chi connectivity index (χ2n) is 12.8. The smallest absolute Gasteiger partial charge is 0.341 e. The summed E-state index contributed by atoms with van der Waals surface area (Å²) in [6.07, 6.45) is -2.70. The number of hydrogen-bond acceptors (Lipinski definition) is 10. The molecule has 0 aromatic heterocycles. The highest BCUT2D eigenvalue weighted by molar-refractivity contribution is 6.35. The molecule has 57 heavy (non-hydrogen) atoms. The van der Waals surface area contributed by atoms with Gasteiger partial charge >= 0.3 is 11.9 Å². The third-order valence-corrected chi connectivity index (χ3v) is 9.37. The highest BCUT2D eigenvalue weighted by Crippen LogP contribution is 2.34. The molecule has 0 fully saturated rings. The van der Waals surface area contributed by atoms with E-state index < -0.39 is 47.5 Å². The second kappa shape index (κ2) is 16.4. The molecule has 11 nitrogen and oxygen atoms in total. The maximum absolute atomic E-state index is 14.0. The van der Waals surface area contributed by atoms with Gasteiger partial charge in [0.15, 0.2) is 12.2 Å². The Kier molecular flexibility index (Phi) is 10.8. The molecule has 7 rings (SSSR count). The predicted molar refractivity (Wildman–Crippen MR) is 208 cm³/mol. The maximum atomic E-state index is 14.0. The van der Waals surface area contributed by atoms with Crippen LogP contribution in [0.3, 0.4) is 0 Å². The third-order valence-electron chi connectivity index (χ3n) is 9.37. The lowest BCUT2D eigenvalue weighted by Gasteiger charge is -2.21. The number of hydrogen-bond donors (Lipinski definition) is 0. The fourth-order valence-corrected chi connectivity index (χ4v) is 6.39. The van der Waals surface area contributed by atoms with Crippen molar-refractivity contribution in [1.29, 1.82) is 0 Å². The molecule has 6 aromatic carbocycles. The number of benzene rings is 6. The van der Waals surface area contributed by atoms with Crippen LogP contribution >= 0.6 is 0 Å². The Hall–Kier alpha value is -7.66. The molecular formula is C46H33NO10. The average Bonchev–Trinajstić information content (AvgIpc) is 3.52. The van der Waals surface area contributed by atoms with Crippen molar-refractivity contribution >= 4 is 41.0 Å². The maximum Gasteiger partial charge on any atom is 0.341 e. The van der Waals surface area contributed by atoms with Crippen LogP contribution in [-0.2, 0) is 9.47 Å². The van der Waals surface area contributed by atoms with Gasteiger partial charge in [-0.05, 0) is 78.9 Å². The van der Waals surface area contributed by atoms with E-state index in [4.69, 9.17) is 18.9 Å². The van der Waals surface area contributed by atoms with Crippen LogP contribution in [-0.4, -0.2) is 49.5 Å². The largest absolute Gasteiger partial charge is 0.497 e. The summed E-state index contributed by atoms with van der Waals surface area (Å²) < 4.78 is 22.1. The molecule has 0 bridgehead atoms. The first-order valence-corrected chi connectivity index (χ1v) is 17.7. The van der Waals surface area contributed by atoms with E-state index in [1.54, 1.807) is 115 Å². The molecule has 1 heterocycles. The molecule has 1 aliphatic heterocycles. The zero-order chi connectivity index (χ0) is 40.1. The average molecular weight is 760 g/mol. The predicted octanol–water partition coefficient (Wildman–Crippen LogP) is 8.07. The van der Waals surface area contributed by atoms with Crippen LogP contribution in [0.1, 0.15) is 85.5 Å². The van der Waals surface area contributed by atoms with Gasteiger partial charge in [0.05, 0.1) is 42.2 Å². The molecule has 0 saturated heterocycles. The van der Waals surface area contributed by atoms with Gasteiger partial charge in [-0.25, -0.2) is 14.5 Å². The van der Waals surface area contributed by atoms with Crippen LogP contribution in [0.5, 0.6) is 11.5 Å². The molecular weight excluding hydrogens is 727 g/mol. The molecule has 0 spiro atoms. The van der Waals surface area contributed by atoms with Gasteiger partial charge in [-0.2, -0.15) is 0 Å². The van der Waals surface area contributed by atoms with Crippen molar-refractivity contribution in [2.75, 3.05) is 19.1 Å². The molecule has 0 N–H and O–H groups in total. The van der Waals surface area contributed by atoms with Crippen LogP contribution in [0, 0.1) is 0 Å². The number of esters is 2. The van der Waals surface area contributed by atoms with E-state index in [1.807, 2.05) is 0 Å². The van der Waals surface area contributed by atoms with E-state index in [9.17, 15) is 28.8 Å². The van der Waals surface area contributed by atoms with E-state index in [1.165, 1.54) is 50.6 Å². The number of amides is 2. The quantitative estimate of drug-likeness (QED) is 0.0645. The van der Waals surface area contributed by atoms with E-state index in [0.717, 1.165) is 4.90 Å². The van der Waals surface area contributed by atoms with Crippen LogP contribution in [0.2, 0.25) is 0 Å². The van der Waals surface area contributed by atoms with Gasteiger partial charge in [-0.15, -0.1) is 0 Å². The number of Topliss-reactive ketones (excluding diaryl/α,β-unsaturated/α-hetero) is 2. The first kappa shape index (κ1) is 37.6. The zero-order valence-electron chi connectivity index (χ0n) is 30.6. The standard InChI is InChI=1S/C46H33NO10/c1-54-33-22-17-28(18-23-33)39(48)41(30-11-5-3-6-12-30)56-45(52)32-21-26-35-37(27-32)44(51)47(43(35)50)38-16-10-9-15-36(38)46(53)57-42(31-13-7-4-8-14-31)40(49)29-19-24-34(55-2)25-20-29/h3-27,41-42H,1-2H3/t41-,42+/m1/s1. The lowest BCUT2D eigenvalue weighted by Crippen LogP contribution is -2.31. The molecule has 2 atom stereocenters. The Morgan fingerprint density at radius 2 is 0.912 bits per heavy atom. The lowest BCUT2D eigenvalue weighted by molar-refractivity contribution is 0.0278. The Balaban J connectivity index is 1.15. The summed E-state index contributed by atoms with van der Waals surface area (Å²) in [7, 11) is 3.00. The Morgan fingerprint density at radius 3 is 1.42 bits per heavy atom. The zero-order valence-corrected chi connectivity index (χ0v) is 30.6. The number of rotatable bonds is 13. The summed E-state index contributed by atoms with van der Waals surface area (Å²) in [5.41, 5.74) is 0.904. The molecule has 0 saturated carbocycles. The number of nitrogens with zero attached hydrogens (tertiary/aromatic N) is 1. The monoisotopic (exact) mass is 759 g/mol. The number of carbonyl (C=O) groups excluding carboxylic acids is 6. The number of carbonyl (C=O) groups is 6. The molecule has 282 valence electrons. The Morgan fingerprint density at radius 1 is 0.474 bits per heavy atom. The molecule has 0 radical (unpaired) electrons. The van der Waals surface area contributed by atoms with Gasteiger partial charge in [0, 0.05) is 22.3 Å². The fourth-order valence-electron chi connectivity index (χ4n) is 6.39. The van der Waals surface area contributed by atoms with Gasteiger partial charge in [0.2, 0.25) is 11.6 Å². The van der Waals surface area contributed by atoms with E-state index in [0.29, 0.717) is 22.6 Å². The Bertz CT molecular complexity index is 2500. The van der Waals surface area contributed by atoms with E-state index in [2.05, 4.69) is 0 Å². The minimum atomic E-state index is -1.37. The minimum Gasteiger partial charge on any atom is -0.497 e. The summed E-state index contributed by atoms with van der Waals surface area (Å²) in [4.78, 5) is 83.7. The fraction of sp³-hybridized carbons (Fsp3) is 0.0870.